The van der Waals surface area contributed by atoms with E-state index in [0.29, 0.717) is 0 Å². The van der Waals surface area contributed by atoms with Crippen LogP contribution in [-0.2, 0) is 19.2 Å². The second-order valence-corrected chi connectivity index (χ2v) is 10.4. The fraction of sp³-hybridized carbons (Fsp3) is 0.667. The third-order valence-electron chi connectivity index (χ3n) is 5.84. The summed E-state index contributed by atoms with van der Waals surface area (Å²) in [4.78, 5) is 2.32. The van der Waals surface area contributed by atoms with Crippen molar-refractivity contribution in [2.75, 3.05) is 44.4 Å². The van der Waals surface area contributed by atoms with Crippen LogP contribution in [0.5, 0.6) is 0 Å². The van der Waals surface area contributed by atoms with Gasteiger partial charge in [-0.1, -0.05) is 12.1 Å². The second kappa shape index (κ2) is 6.82. The zero-order valence-corrected chi connectivity index (χ0v) is 17.5. The average molecular weight is 379 g/mol. The minimum absolute atomic E-state index is 0.329. The Kier molecular flexibility index (Phi) is 5.16. The van der Waals surface area contributed by atoms with Crippen molar-refractivity contribution in [2.24, 2.45) is 4.36 Å². The van der Waals surface area contributed by atoms with Crippen LogP contribution < -0.4 is 10.4 Å². The number of piperazine rings is 1. The molecule has 0 N–H and O–H groups in total. The quantitative estimate of drug-likeness (QED) is 0.751. The fourth-order valence-corrected chi connectivity index (χ4v) is 4.29. The smallest absolute Gasteiger partial charge is 0.399 e. The van der Waals surface area contributed by atoms with Crippen molar-refractivity contribution in [3.05, 3.63) is 24.3 Å². The molecule has 1 atom stereocenters. The van der Waals surface area contributed by atoms with Gasteiger partial charge in [0, 0.05) is 45.2 Å². The molecule has 0 saturated carbocycles. The Morgan fingerprint density at radius 1 is 1.00 bits per heavy atom. The zero-order valence-electron chi connectivity index (χ0n) is 16.7. The summed E-state index contributed by atoms with van der Waals surface area (Å²) in [7, 11) is -0.922. The summed E-state index contributed by atoms with van der Waals surface area (Å²) >= 11 is 0. The third-order valence-corrected chi connectivity index (χ3v) is 7.84. The van der Waals surface area contributed by atoms with E-state index in [1.807, 2.05) is 4.31 Å². The lowest BCUT2D eigenvalue weighted by molar-refractivity contribution is 0.00578. The largest absolute Gasteiger partial charge is 0.494 e. The number of rotatable bonds is 3. The molecule has 144 valence electrons. The summed E-state index contributed by atoms with van der Waals surface area (Å²) in [5, 5.41) is 0. The van der Waals surface area contributed by atoms with Crippen LogP contribution in [0.15, 0.2) is 28.6 Å². The van der Waals surface area contributed by atoms with Gasteiger partial charge in [0.2, 0.25) is 0 Å². The standard InChI is InChI=1S/C18H30BN3O3S/c1-17(2)18(3,4)25-19(24-17)15-7-9-16(10-8-15)21-11-13-22(14-12-21)26(6,23)20-5/h7-10H,11-14H2,1-6H3. The highest BCUT2D eigenvalue weighted by Crippen LogP contribution is 2.36. The highest BCUT2D eigenvalue weighted by molar-refractivity contribution is 7.90. The van der Waals surface area contributed by atoms with Gasteiger partial charge in [0.15, 0.2) is 0 Å². The van der Waals surface area contributed by atoms with Crippen LogP contribution in [0.2, 0.25) is 0 Å². The van der Waals surface area contributed by atoms with Crippen LogP contribution in [0.4, 0.5) is 5.69 Å². The van der Waals surface area contributed by atoms with Gasteiger partial charge >= 0.3 is 7.12 Å². The molecule has 2 saturated heterocycles. The molecule has 2 heterocycles. The molecule has 0 aliphatic carbocycles. The van der Waals surface area contributed by atoms with E-state index in [1.54, 1.807) is 13.3 Å². The second-order valence-electron chi connectivity index (χ2n) is 8.04. The number of hydrogen-bond donors (Lipinski definition) is 0. The van der Waals surface area contributed by atoms with Gasteiger partial charge in [-0.25, -0.2) is 12.9 Å². The topological polar surface area (TPSA) is 54.4 Å². The van der Waals surface area contributed by atoms with Gasteiger partial charge in [-0.2, -0.15) is 0 Å². The van der Waals surface area contributed by atoms with Gasteiger partial charge in [0.1, 0.15) is 9.92 Å². The maximum atomic E-state index is 12.4. The van der Waals surface area contributed by atoms with E-state index >= 15 is 0 Å². The number of benzene rings is 1. The molecule has 1 unspecified atom stereocenters. The van der Waals surface area contributed by atoms with Crippen molar-refractivity contribution < 1.29 is 13.5 Å². The first-order chi connectivity index (χ1) is 12.1. The molecule has 0 bridgehead atoms. The van der Waals surface area contributed by atoms with E-state index in [1.165, 1.54) is 5.69 Å². The molecule has 0 amide bonds. The molecule has 8 heteroatoms. The van der Waals surface area contributed by atoms with Crippen LogP contribution in [-0.4, -0.2) is 66.3 Å². The summed E-state index contributed by atoms with van der Waals surface area (Å²) in [6.45, 7) is 11.5. The molecule has 0 aromatic heterocycles. The van der Waals surface area contributed by atoms with Gasteiger partial charge in [-0.3, -0.25) is 0 Å². The van der Waals surface area contributed by atoms with Crippen molar-refractivity contribution in [3.63, 3.8) is 0 Å². The van der Waals surface area contributed by atoms with Gasteiger partial charge in [0.25, 0.3) is 0 Å². The Morgan fingerprint density at radius 2 is 1.50 bits per heavy atom. The molecular weight excluding hydrogens is 349 g/mol. The third kappa shape index (κ3) is 3.65. The van der Waals surface area contributed by atoms with Crippen LogP contribution in [0.3, 0.4) is 0 Å². The summed E-state index contributed by atoms with van der Waals surface area (Å²) in [6.07, 6.45) is 1.71. The maximum absolute atomic E-state index is 12.4. The lowest BCUT2D eigenvalue weighted by atomic mass is 9.79. The van der Waals surface area contributed by atoms with Crippen molar-refractivity contribution in [3.8, 4) is 0 Å². The average Bonchev–Trinajstić information content (AvgIpc) is 2.83. The fourth-order valence-electron chi connectivity index (χ4n) is 3.22. The van der Waals surface area contributed by atoms with Crippen molar-refractivity contribution in [1.82, 2.24) is 4.31 Å². The first-order valence-corrected chi connectivity index (χ1v) is 11.0. The molecule has 26 heavy (non-hydrogen) atoms. The number of nitrogens with zero attached hydrogens (tertiary/aromatic N) is 3. The van der Waals surface area contributed by atoms with Crippen LogP contribution in [0.25, 0.3) is 0 Å². The van der Waals surface area contributed by atoms with Gasteiger partial charge in [-0.15, -0.1) is 0 Å². The minimum atomic E-state index is -2.22. The van der Waals surface area contributed by atoms with E-state index in [9.17, 15) is 4.21 Å². The molecule has 0 spiro atoms. The first kappa shape index (κ1) is 19.7. The Bertz CT molecular complexity index is 748. The predicted octanol–water partition coefficient (Wildman–Crippen LogP) is 1.75. The van der Waals surface area contributed by atoms with E-state index in [-0.39, 0.29) is 18.3 Å². The van der Waals surface area contributed by atoms with E-state index in [4.69, 9.17) is 9.31 Å². The van der Waals surface area contributed by atoms with E-state index in [2.05, 4.69) is 61.2 Å². The summed E-state index contributed by atoms with van der Waals surface area (Å²) in [5.74, 6) is 0. The van der Waals surface area contributed by atoms with Crippen molar-refractivity contribution >= 4 is 28.2 Å². The van der Waals surface area contributed by atoms with E-state index in [0.717, 1.165) is 31.6 Å². The first-order valence-electron chi connectivity index (χ1n) is 9.12. The van der Waals surface area contributed by atoms with Crippen molar-refractivity contribution in [1.29, 1.82) is 0 Å². The minimum Gasteiger partial charge on any atom is -0.399 e. The predicted molar refractivity (Wildman–Crippen MR) is 108 cm³/mol. The molecule has 2 fully saturated rings. The summed E-state index contributed by atoms with van der Waals surface area (Å²) < 4.78 is 30.6. The van der Waals surface area contributed by atoms with Gasteiger partial charge in [-0.05, 0) is 45.3 Å². The monoisotopic (exact) mass is 379 g/mol. The van der Waals surface area contributed by atoms with E-state index < -0.39 is 9.92 Å². The lowest BCUT2D eigenvalue weighted by Crippen LogP contribution is -2.48. The highest BCUT2D eigenvalue weighted by atomic mass is 32.2. The van der Waals surface area contributed by atoms with Crippen molar-refractivity contribution in [2.45, 2.75) is 38.9 Å². The highest BCUT2D eigenvalue weighted by Gasteiger charge is 2.51. The van der Waals surface area contributed by atoms with Crippen LogP contribution in [0, 0.1) is 0 Å². The molecule has 6 nitrogen and oxygen atoms in total. The Labute approximate surface area is 158 Å². The number of hydrogen-bond acceptors (Lipinski definition) is 5. The Morgan fingerprint density at radius 3 is 1.96 bits per heavy atom. The molecular formula is C18H30BN3O3S. The summed E-state index contributed by atoms with van der Waals surface area (Å²) in [5.41, 5.74) is 1.54. The van der Waals surface area contributed by atoms with Crippen LogP contribution in [0.1, 0.15) is 27.7 Å². The molecule has 2 aliphatic rings. The summed E-state index contributed by atoms with van der Waals surface area (Å²) in [6, 6.07) is 8.38. The maximum Gasteiger partial charge on any atom is 0.494 e. The molecule has 2 aliphatic heterocycles. The normalized spacial score (nSPS) is 25.2. The van der Waals surface area contributed by atoms with Gasteiger partial charge in [0.05, 0.1) is 11.2 Å². The van der Waals surface area contributed by atoms with Gasteiger partial charge < -0.3 is 14.2 Å². The molecule has 1 aromatic carbocycles. The molecule has 1 aromatic rings. The Balaban J connectivity index is 1.66. The molecule has 0 radical (unpaired) electrons. The zero-order chi connectivity index (χ0) is 19.2. The molecule has 3 rings (SSSR count). The SMILES string of the molecule is CN=S(C)(=O)N1CCN(c2ccc(B3OC(C)(C)C(C)(C)O3)cc2)CC1. The number of anilines is 1. The Hall–Kier alpha value is -1.09. The lowest BCUT2D eigenvalue weighted by Gasteiger charge is -2.36. The van der Waals surface area contributed by atoms with Crippen LogP contribution >= 0.6 is 0 Å².